The van der Waals surface area contributed by atoms with Crippen molar-refractivity contribution in [3.05, 3.63) is 11.9 Å². The maximum absolute atomic E-state index is 5.74. The fraction of sp³-hybridized carbons (Fsp3) is 0.692. The molecule has 2 rings (SSSR count). The van der Waals surface area contributed by atoms with E-state index in [-0.39, 0.29) is 0 Å². The second-order valence-corrected chi connectivity index (χ2v) is 4.78. The first-order valence-electron chi connectivity index (χ1n) is 6.87. The minimum absolute atomic E-state index is 0.545. The van der Waals surface area contributed by atoms with Crippen molar-refractivity contribution in [3.63, 3.8) is 0 Å². The van der Waals surface area contributed by atoms with Gasteiger partial charge in [-0.15, -0.1) is 0 Å². The first kappa shape index (κ1) is 13.1. The lowest BCUT2D eigenvalue weighted by Crippen LogP contribution is -2.22. The molecule has 1 fully saturated rings. The number of likely N-dealkylation sites (tertiary alicyclic amines) is 1. The van der Waals surface area contributed by atoms with Gasteiger partial charge in [0.05, 0.1) is 0 Å². The van der Waals surface area contributed by atoms with E-state index in [0.717, 1.165) is 31.0 Å². The highest BCUT2D eigenvalue weighted by molar-refractivity contribution is 5.44. The van der Waals surface area contributed by atoms with E-state index in [1.807, 2.05) is 6.92 Å². The van der Waals surface area contributed by atoms with Crippen molar-refractivity contribution in [2.24, 2.45) is 0 Å². The lowest BCUT2D eigenvalue weighted by molar-refractivity contribution is 0.337. The van der Waals surface area contributed by atoms with Gasteiger partial charge in [0.2, 0.25) is 0 Å². The third kappa shape index (κ3) is 3.84. The number of nitrogens with two attached hydrogens (primary N) is 1. The van der Waals surface area contributed by atoms with E-state index in [2.05, 4.69) is 20.2 Å². The molecule has 0 aliphatic carbocycles. The van der Waals surface area contributed by atoms with Crippen LogP contribution >= 0.6 is 0 Å². The quantitative estimate of drug-likeness (QED) is 0.748. The molecule has 2 heterocycles. The molecule has 5 heteroatoms. The number of nitrogen functional groups attached to an aromatic ring is 1. The summed E-state index contributed by atoms with van der Waals surface area (Å²) in [5, 5.41) is 3.33. The third-order valence-electron chi connectivity index (χ3n) is 3.26. The van der Waals surface area contributed by atoms with Crippen LogP contribution in [0, 0.1) is 0 Å². The van der Waals surface area contributed by atoms with Crippen LogP contribution in [0.3, 0.4) is 0 Å². The van der Waals surface area contributed by atoms with Gasteiger partial charge >= 0.3 is 0 Å². The molecule has 0 spiro atoms. The molecule has 18 heavy (non-hydrogen) atoms. The fourth-order valence-corrected chi connectivity index (χ4v) is 2.29. The van der Waals surface area contributed by atoms with Crippen LogP contribution in [0.2, 0.25) is 0 Å². The zero-order valence-corrected chi connectivity index (χ0v) is 11.2. The maximum atomic E-state index is 5.74. The summed E-state index contributed by atoms with van der Waals surface area (Å²) in [6.45, 7) is 6.68. The average Bonchev–Trinajstić information content (AvgIpc) is 2.87. The van der Waals surface area contributed by atoms with Crippen LogP contribution in [0.5, 0.6) is 0 Å². The van der Waals surface area contributed by atoms with Crippen molar-refractivity contribution in [2.45, 2.75) is 32.6 Å². The number of nitrogens with one attached hydrogen (secondary N) is 1. The normalized spacial score (nSPS) is 16.1. The van der Waals surface area contributed by atoms with Gasteiger partial charge in [-0.25, -0.2) is 9.97 Å². The smallest absolute Gasteiger partial charge is 0.132 e. The Morgan fingerprint density at radius 2 is 2.11 bits per heavy atom. The molecule has 0 bridgehead atoms. The van der Waals surface area contributed by atoms with E-state index in [1.54, 1.807) is 6.07 Å². The van der Waals surface area contributed by atoms with Gasteiger partial charge in [0, 0.05) is 19.0 Å². The lowest BCUT2D eigenvalue weighted by Gasteiger charge is -2.14. The molecule has 1 saturated heterocycles. The van der Waals surface area contributed by atoms with E-state index in [9.17, 15) is 0 Å². The highest BCUT2D eigenvalue weighted by Gasteiger charge is 2.10. The number of rotatable bonds is 6. The zero-order chi connectivity index (χ0) is 12.8. The Morgan fingerprint density at radius 3 is 2.83 bits per heavy atom. The van der Waals surface area contributed by atoms with Gasteiger partial charge in [-0.05, 0) is 38.9 Å². The van der Waals surface area contributed by atoms with Crippen molar-refractivity contribution in [1.82, 2.24) is 14.9 Å². The molecule has 0 unspecified atom stereocenters. The summed E-state index contributed by atoms with van der Waals surface area (Å²) in [5.41, 5.74) is 5.74. The Labute approximate surface area is 109 Å². The first-order valence-corrected chi connectivity index (χ1v) is 6.87. The summed E-state index contributed by atoms with van der Waals surface area (Å²) in [7, 11) is 0. The van der Waals surface area contributed by atoms with E-state index in [0.29, 0.717) is 5.82 Å². The van der Waals surface area contributed by atoms with Crippen LogP contribution in [0.15, 0.2) is 6.07 Å². The Hall–Kier alpha value is -1.36. The number of aromatic nitrogens is 2. The summed E-state index contributed by atoms with van der Waals surface area (Å²) in [6, 6.07) is 1.80. The average molecular weight is 249 g/mol. The van der Waals surface area contributed by atoms with Crippen molar-refractivity contribution in [2.75, 3.05) is 37.2 Å². The molecule has 5 nitrogen and oxygen atoms in total. The van der Waals surface area contributed by atoms with Crippen LogP contribution < -0.4 is 11.1 Å². The molecular weight excluding hydrogens is 226 g/mol. The van der Waals surface area contributed by atoms with Crippen LogP contribution in [0.1, 0.15) is 32.0 Å². The number of anilines is 2. The molecule has 1 aromatic heterocycles. The SMILES string of the molecule is CCc1nc(N)cc(NCCCN2CCCC2)n1. The van der Waals surface area contributed by atoms with E-state index >= 15 is 0 Å². The summed E-state index contributed by atoms with van der Waals surface area (Å²) in [6.07, 6.45) is 4.67. The number of aryl methyl sites for hydroxylation is 1. The molecule has 0 radical (unpaired) electrons. The molecule has 0 saturated carbocycles. The highest BCUT2D eigenvalue weighted by atomic mass is 15.1. The number of nitrogens with zero attached hydrogens (tertiary/aromatic N) is 3. The van der Waals surface area contributed by atoms with Crippen LogP contribution in [-0.4, -0.2) is 41.0 Å². The van der Waals surface area contributed by atoms with Gasteiger partial charge in [-0.1, -0.05) is 6.92 Å². The van der Waals surface area contributed by atoms with E-state index in [1.165, 1.54) is 32.5 Å². The fourth-order valence-electron chi connectivity index (χ4n) is 2.29. The van der Waals surface area contributed by atoms with E-state index < -0.39 is 0 Å². The minimum Gasteiger partial charge on any atom is -0.384 e. The Balaban J connectivity index is 1.73. The zero-order valence-electron chi connectivity index (χ0n) is 11.2. The summed E-state index contributed by atoms with van der Waals surface area (Å²) in [5.74, 6) is 2.20. The van der Waals surface area contributed by atoms with Crippen molar-refractivity contribution >= 4 is 11.6 Å². The van der Waals surface area contributed by atoms with Crippen LogP contribution in [-0.2, 0) is 6.42 Å². The second kappa shape index (κ2) is 6.54. The van der Waals surface area contributed by atoms with Crippen LogP contribution in [0.4, 0.5) is 11.6 Å². The van der Waals surface area contributed by atoms with Crippen LogP contribution in [0.25, 0.3) is 0 Å². The number of hydrogen-bond acceptors (Lipinski definition) is 5. The largest absolute Gasteiger partial charge is 0.384 e. The molecule has 1 aliphatic rings. The van der Waals surface area contributed by atoms with Gasteiger partial charge in [0.15, 0.2) is 0 Å². The predicted molar refractivity (Wildman–Crippen MR) is 74.6 cm³/mol. The highest BCUT2D eigenvalue weighted by Crippen LogP contribution is 2.10. The monoisotopic (exact) mass is 249 g/mol. The maximum Gasteiger partial charge on any atom is 0.132 e. The molecule has 1 aromatic rings. The molecular formula is C13H23N5. The summed E-state index contributed by atoms with van der Waals surface area (Å²) in [4.78, 5) is 11.1. The molecule has 100 valence electrons. The summed E-state index contributed by atoms with van der Waals surface area (Å²) >= 11 is 0. The molecule has 3 N–H and O–H groups in total. The van der Waals surface area contributed by atoms with Crippen molar-refractivity contribution in [1.29, 1.82) is 0 Å². The standard InChI is InChI=1S/C13H23N5/c1-2-12-16-11(14)10-13(17-12)15-6-5-9-18-7-3-4-8-18/h10H,2-9H2,1H3,(H3,14,15,16,17). The van der Waals surface area contributed by atoms with Gasteiger partial charge in [-0.3, -0.25) is 0 Å². The topological polar surface area (TPSA) is 67.1 Å². The molecule has 0 atom stereocenters. The summed E-state index contributed by atoms with van der Waals surface area (Å²) < 4.78 is 0. The lowest BCUT2D eigenvalue weighted by atomic mass is 10.3. The van der Waals surface area contributed by atoms with Gasteiger partial charge in [0.1, 0.15) is 17.5 Å². The minimum atomic E-state index is 0.545. The third-order valence-corrected chi connectivity index (χ3v) is 3.26. The molecule has 0 amide bonds. The Bertz CT molecular complexity index is 374. The van der Waals surface area contributed by atoms with Crippen molar-refractivity contribution < 1.29 is 0 Å². The second-order valence-electron chi connectivity index (χ2n) is 4.78. The molecule has 1 aliphatic heterocycles. The van der Waals surface area contributed by atoms with E-state index in [4.69, 9.17) is 5.73 Å². The molecule has 0 aromatic carbocycles. The van der Waals surface area contributed by atoms with Gasteiger partial charge in [0.25, 0.3) is 0 Å². The van der Waals surface area contributed by atoms with Gasteiger partial charge < -0.3 is 16.0 Å². The Kier molecular flexibility index (Phi) is 4.75. The number of hydrogen-bond donors (Lipinski definition) is 2. The van der Waals surface area contributed by atoms with Crippen molar-refractivity contribution in [3.8, 4) is 0 Å². The Morgan fingerprint density at radius 1 is 1.33 bits per heavy atom. The predicted octanol–water partition coefficient (Wildman–Crippen LogP) is 1.52. The first-order chi connectivity index (χ1) is 8.78. The van der Waals surface area contributed by atoms with Gasteiger partial charge in [-0.2, -0.15) is 0 Å².